The van der Waals surface area contributed by atoms with E-state index in [0.717, 1.165) is 5.69 Å². The number of aromatic nitrogens is 1. The van der Waals surface area contributed by atoms with Crippen LogP contribution in [-0.4, -0.2) is 68.5 Å². The number of carbonyl (C=O) groups excluding carboxylic acids is 1. The Hall–Kier alpha value is -3.30. The number of nitrogens with zero attached hydrogens (tertiary/aromatic N) is 3. The van der Waals surface area contributed by atoms with Crippen LogP contribution in [0, 0.1) is 0 Å². The minimum absolute atomic E-state index is 0.0553. The molecule has 2 heterocycles. The van der Waals surface area contributed by atoms with Crippen LogP contribution in [0.3, 0.4) is 0 Å². The van der Waals surface area contributed by atoms with E-state index in [9.17, 15) is 13.2 Å². The van der Waals surface area contributed by atoms with Gasteiger partial charge in [-0.2, -0.15) is 4.31 Å². The second-order valence-electron chi connectivity index (χ2n) is 7.35. The first kappa shape index (κ1) is 21.9. The van der Waals surface area contributed by atoms with Crippen LogP contribution in [-0.2, 0) is 10.0 Å². The molecule has 0 N–H and O–H groups in total. The number of hydrogen-bond acceptors (Lipinski definition) is 5. The normalized spacial score (nSPS) is 14.9. The van der Waals surface area contributed by atoms with Crippen molar-refractivity contribution in [2.45, 2.75) is 4.90 Å². The van der Waals surface area contributed by atoms with Gasteiger partial charge >= 0.3 is 0 Å². The molecule has 0 saturated carbocycles. The number of methoxy groups -OCH3 is 2. The van der Waals surface area contributed by atoms with Crippen LogP contribution in [0.1, 0.15) is 10.4 Å². The molecule has 0 unspecified atom stereocenters. The van der Waals surface area contributed by atoms with Crippen molar-refractivity contribution in [2.75, 3.05) is 40.4 Å². The molecule has 1 aliphatic rings. The van der Waals surface area contributed by atoms with Crippen molar-refractivity contribution < 1.29 is 22.7 Å². The van der Waals surface area contributed by atoms with E-state index >= 15 is 0 Å². The molecule has 1 amide bonds. The van der Waals surface area contributed by atoms with Gasteiger partial charge in [0, 0.05) is 55.9 Å². The van der Waals surface area contributed by atoms with Crippen molar-refractivity contribution in [3.05, 3.63) is 72.6 Å². The molecule has 0 atom stereocenters. The predicted molar refractivity (Wildman–Crippen MR) is 120 cm³/mol. The predicted octanol–water partition coefficient (Wildman–Crippen LogP) is 2.64. The molecular formula is C23H25N3O5S. The molecule has 1 aromatic heterocycles. The van der Waals surface area contributed by atoms with Gasteiger partial charge in [0.05, 0.1) is 14.2 Å². The lowest BCUT2D eigenvalue weighted by Crippen LogP contribution is -2.50. The van der Waals surface area contributed by atoms with Gasteiger partial charge in [0.2, 0.25) is 10.0 Å². The van der Waals surface area contributed by atoms with E-state index in [1.807, 2.05) is 41.2 Å². The van der Waals surface area contributed by atoms with Crippen molar-refractivity contribution in [3.63, 3.8) is 0 Å². The summed E-state index contributed by atoms with van der Waals surface area (Å²) in [5.41, 5.74) is 1.54. The Morgan fingerprint density at radius 3 is 2.12 bits per heavy atom. The molecule has 32 heavy (non-hydrogen) atoms. The summed E-state index contributed by atoms with van der Waals surface area (Å²) in [4.78, 5) is 14.7. The number of piperazine rings is 1. The zero-order valence-corrected chi connectivity index (χ0v) is 18.8. The van der Waals surface area contributed by atoms with Crippen molar-refractivity contribution in [2.24, 2.45) is 0 Å². The van der Waals surface area contributed by atoms with E-state index < -0.39 is 10.0 Å². The van der Waals surface area contributed by atoms with Crippen LogP contribution in [0.15, 0.2) is 71.9 Å². The zero-order chi connectivity index (χ0) is 22.7. The van der Waals surface area contributed by atoms with Crippen molar-refractivity contribution >= 4 is 15.9 Å². The lowest BCUT2D eigenvalue weighted by Gasteiger charge is -2.34. The number of sulfonamides is 1. The third-order valence-electron chi connectivity index (χ3n) is 5.53. The standard InChI is InChI=1S/C23H25N3O5S/c1-30-20-9-10-21(31-2)22(17-20)32(28,29)26-15-13-25(14-16-26)23(27)18-5-7-19(8-6-18)24-11-3-4-12-24/h3-12,17H,13-16H2,1-2H3. The summed E-state index contributed by atoms with van der Waals surface area (Å²) in [6.45, 7) is 1.03. The van der Waals surface area contributed by atoms with Crippen molar-refractivity contribution in [1.29, 1.82) is 0 Å². The van der Waals surface area contributed by atoms with E-state index in [-0.39, 0.29) is 29.6 Å². The molecule has 168 valence electrons. The van der Waals surface area contributed by atoms with Crippen LogP contribution in [0.5, 0.6) is 11.5 Å². The number of ether oxygens (including phenoxy) is 2. The van der Waals surface area contributed by atoms with E-state index in [2.05, 4.69) is 0 Å². The quantitative estimate of drug-likeness (QED) is 0.571. The molecule has 4 rings (SSSR count). The summed E-state index contributed by atoms with van der Waals surface area (Å²) in [5.74, 6) is 0.578. The molecule has 0 spiro atoms. The Kier molecular flexibility index (Phi) is 6.20. The van der Waals surface area contributed by atoms with Gasteiger partial charge in [-0.1, -0.05) is 0 Å². The number of amides is 1. The van der Waals surface area contributed by atoms with Crippen LogP contribution in [0.4, 0.5) is 0 Å². The fraction of sp³-hybridized carbons (Fsp3) is 0.261. The summed E-state index contributed by atoms with van der Waals surface area (Å²) in [6, 6.07) is 15.9. The lowest BCUT2D eigenvalue weighted by atomic mass is 10.1. The second-order valence-corrected chi connectivity index (χ2v) is 9.26. The summed E-state index contributed by atoms with van der Waals surface area (Å²) in [7, 11) is -0.885. The summed E-state index contributed by atoms with van der Waals surface area (Å²) in [5, 5.41) is 0. The average molecular weight is 456 g/mol. The number of hydrogen-bond donors (Lipinski definition) is 0. The van der Waals surface area contributed by atoms with E-state index in [1.165, 1.54) is 24.6 Å². The summed E-state index contributed by atoms with van der Waals surface area (Å²) in [6.07, 6.45) is 3.88. The topological polar surface area (TPSA) is 81.1 Å². The third kappa shape index (κ3) is 4.21. The van der Waals surface area contributed by atoms with Gasteiger partial charge in [-0.05, 0) is 48.5 Å². The van der Waals surface area contributed by atoms with E-state index in [0.29, 0.717) is 24.4 Å². The maximum absolute atomic E-state index is 13.2. The first-order valence-electron chi connectivity index (χ1n) is 10.2. The molecule has 1 aliphatic heterocycles. The Bertz CT molecular complexity index is 1180. The fourth-order valence-corrected chi connectivity index (χ4v) is 5.31. The maximum atomic E-state index is 13.2. The highest BCUT2D eigenvalue weighted by Crippen LogP contribution is 2.31. The molecule has 8 nitrogen and oxygen atoms in total. The van der Waals surface area contributed by atoms with Gasteiger partial charge in [0.25, 0.3) is 5.91 Å². The minimum Gasteiger partial charge on any atom is -0.497 e. The van der Waals surface area contributed by atoms with Gasteiger partial charge in [0.15, 0.2) is 0 Å². The van der Waals surface area contributed by atoms with E-state index in [4.69, 9.17) is 9.47 Å². The molecule has 1 fully saturated rings. The summed E-state index contributed by atoms with van der Waals surface area (Å²) >= 11 is 0. The Morgan fingerprint density at radius 2 is 1.53 bits per heavy atom. The first-order valence-corrected chi connectivity index (χ1v) is 11.6. The molecular weight excluding hydrogens is 430 g/mol. The SMILES string of the molecule is COc1ccc(OC)c(S(=O)(=O)N2CCN(C(=O)c3ccc(-n4cccc4)cc3)CC2)c1. The highest BCUT2D eigenvalue weighted by atomic mass is 32.2. The molecule has 0 radical (unpaired) electrons. The fourth-order valence-electron chi connectivity index (χ4n) is 3.72. The molecule has 0 aliphatic carbocycles. The Morgan fingerprint density at radius 1 is 0.875 bits per heavy atom. The molecule has 2 aromatic carbocycles. The van der Waals surface area contributed by atoms with Gasteiger partial charge in [-0.25, -0.2) is 8.42 Å². The Labute approximate surface area is 187 Å². The molecule has 1 saturated heterocycles. The van der Waals surface area contributed by atoms with Gasteiger partial charge in [-0.3, -0.25) is 4.79 Å². The third-order valence-corrected chi connectivity index (χ3v) is 7.45. The van der Waals surface area contributed by atoms with E-state index in [1.54, 1.807) is 29.2 Å². The van der Waals surface area contributed by atoms with Crippen LogP contribution in [0.2, 0.25) is 0 Å². The maximum Gasteiger partial charge on any atom is 0.253 e. The van der Waals surface area contributed by atoms with Gasteiger partial charge in [0.1, 0.15) is 16.4 Å². The highest BCUT2D eigenvalue weighted by Gasteiger charge is 2.32. The molecule has 3 aromatic rings. The highest BCUT2D eigenvalue weighted by molar-refractivity contribution is 7.89. The second kappa shape index (κ2) is 9.05. The first-order chi connectivity index (χ1) is 15.4. The number of carbonyl (C=O) groups is 1. The van der Waals surface area contributed by atoms with Crippen molar-refractivity contribution in [3.8, 4) is 17.2 Å². The van der Waals surface area contributed by atoms with Crippen LogP contribution in [0.25, 0.3) is 5.69 Å². The average Bonchev–Trinajstić information content (AvgIpc) is 3.38. The van der Waals surface area contributed by atoms with Crippen LogP contribution >= 0.6 is 0 Å². The van der Waals surface area contributed by atoms with Crippen molar-refractivity contribution in [1.82, 2.24) is 13.8 Å². The minimum atomic E-state index is -3.79. The van der Waals surface area contributed by atoms with Gasteiger partial charge < -0.3 is 18.9 Å². The lowest BCUT2D eigenvalue weighted by molar-refractivity contribution is 0.0698. The Balaban J connectivity index is 1.45. The smallest absolute Gasteiger partial charge is 0.253 e. The number of rotatable bonds is 6. The summed E-state index contributed by atoms with van der Waals surface area (Å²) < 4.78 is 40.2. The monoisotopic (exact) mass is 455 g/mol. The largest absolute Gasteiger partial charge is 0.497 e. The van der Waals surface area contributed by atoms with Crippen LogP contribution < -0.4 is 9.47 Å². The van der Waals surface area contributed by atoms with Gasteiger partial charge in [-0.15, -0.1) is 0 Å². The molecule has 0 bridgehead atoms. The molecule has 9 heteroatoms. The number of benzene rings is 2. The zero-order valence-electron chi connectivity index (χ0n) is 18.0.